The standard InChI is InChI=1S/C11H17NO2S.H2/c1-9(2)11-6-4-5-10(7-11)8-12-15(3,13)14;/h4-7,9,12H,8H2,1-3H3;1H. The topological polar surface area (TPSA) is 46.2 Å². The third kappa shape index (κ3) is 4.44. The minimum Gasteiger partial charge on any atom is -0.213 e. The molecule has 0 aromatic heterocycles. The van der Waals surface area contributed by atoms with Crippen LogP contribution in [0, 0.1) is 0 Å². The number of benzene rings is 1. The Bertz CT molecular complexity index is 429. The number of sulfonamides is 1. The summed E-state index contributed by atoms with van der Waals surface area (Å²) in [7, 11) is -3.11. The first kappa shape index (κ1) is 12.2. The highest BCUT2D eigenvalue weighted by Crippen LogP contribution is 2.15. The quantitative estimate of drug-likeness (QED) is 0.859. The van der Waals surface area contributed by atoms with Crippen molar-refractivity contribution in [2.45, 2.75) is 26.3 Å². The van der Waals surface area contributed by atoms with E-state index >= 15 is 0 Å². The average molecular weight is 229 g/mol. The molecule has 1 aromatic rings. The Morgan fingerprint density at radius 2 is 2.07 bits per heavy atom. The fourth-order valence-corrected chi connectivity index (χ4v) is 1.71. The van der Waals surface area contributed by atoms with Gasteiger partial charge in [-0.1, -0.05) is 38.1 Å². The van der Waals surface area contributed by atoms with Gasteiger partial charge in [-0.3, -0.25) is 0 Å². The van der Waals surface area contributed by atoms with Crippen LogP contribution in [-0.4, -0.2) is 14.7 Å². The SMILES string of the molecule is CC(C)c1cccc(CNS(C)(=O)=O)c1.[HH]. The van der Waals surface area contributed by atoms with Gasteiger partial charge in [0.25, 0.3) is 0 Å². The first-order chi connectivity index (χ1) is 6.88. The van der Waals surface area contributed by atoms with Crippen molar-refractivity contribution in [1.29, 1.82) is 0 Å². The maximum absolute atomic E-state index is 10.9. The maximum atomic E-state index is 10.9. The molecule has 0 amide bonds. The summed E-state index contributed by atoms with van der Waals surface area (Å²) in [5.41, 5.74) is 2.22. The zero-order valence-electron chi connectivity index (χ0n) is 9.32. The van der Waals surface area contributed by atoms with E-state index in [4.69, 9.17) is 0 Å². The number of nitrogens with one attached hydrogen (secondary N) is 1. The Labute approximate surface area is 93.1 Å². The molecule has 1 aromatic carbocycles. The molecule has 0 saturated heterocycles. The molecule has 0 spiro atoms. The molecule has 0 radical (unpaired) electrons. The summed E-state index contributed by atoms with van der Waals surface area (Å²) in [5.74, 6) is 0.461. The van der Waals surface area contributed by atoms with Gasteiger partial charge in [0.15, 0.2) is 0 Å². The summed E-state index contributed by atoms with van der Waals surface area (Å²) < 4.78 is 24.3. The van der Waals surface area contributed by atoms with Crippen LogP contribution in [0.2, 0.25) is 0 Å². The highest BCUT2D eigenvalue weighted by molar-refractivity contribution is 7.88. The molecule has 0 aliphatic heterocycles. The van der Waals surface area contributed by atoms with Gasteiger partial charge in [0.1, 0.15) is 0 Å². The van der Waals surface area contributed by atoms with E-state index < -0.39 is 10.0 Å². The predicted octanol–water partition coefficient (Wildman–Crippen LogP) is 2.11. The van der Waals surface area contributed by atoms with Gasteiger partial charge < -0.3 is 0 Å². The number of rotatable bonds is 4. The van der Waals surface area contributed by atoms with Crippen molar-refractivity contribution in [2.24, 2.45) is 0 Å². The molecule has 0 bridgehead atoms. The van der Waals surface area contributed by atoms with Crippen LogP contribution in [0.1, 0.15) is 32.3 Å². The number of hydrogen-bond donors (Lipinski definition) is 1. The van der Waals surface area contributed by atoms with Crippen LogP contribution >= 0.6 is 0 Å². The van der Waals surface area contributed by atoms with E-state index in [9.17, 15) is 8.42 Å². The van der Waals surface area contributed by atoms with E-state index in [2.05, 4.69) is 24.6 Å². The molecule has 0 unspecified atom stereocenters. The molecule has 0 aliphatic carbocycles. The van der Waals surface area contributed by atoms with Gasteiger partial charge in [-0.15, -0.1) is 0 Å². The van der Waals surface area contributed by atoms with Crippen molar-refractivity contribution < 1.29 is 9.84 Å². The molecule has 3 nitrogen and oxygen atoms in total. The summed E-state index contributed by atoms with van der Waals surface area (Å²) >= 11 is 0. The summed E-state index contributed by atoms with van der Waals surface area (Å²) in [6.45, 7) is 4.59. The first-order valence-corrected chi connectivity index (χ1v) is 6.81. The highest BCUT2D eigenvalue weighted by atomic mass is 32.2. The van der Waals surface area contributed by atoms with Crippen LogP contribution in [-0.2, 0) is 16.6 Å². The van der Waals surface area contributed by atoms with Crippen LogP contribution in [0.3, 0.4) is 0 Å². The van der Waals surface area contributed by atoms with Crippen molar-refractivity contribution >= 4 is 10.0 Å². The molecule has 15 heavy (non-hydrogen) atoms. The van der Waals surface area contributed by atoms with E-state index in [1.54, 1.807) is 0 Å². The monoisotopic (exact) mass is 229 g/mol. The molecule has 0 fully saturated rings. The van der Waals surface area contributed by atoms with E-state index in [1.807, 2.05) is 18.2 Å². The lowest BCUT2D eigenvalue weighted by Gasteiger charge is -2.08. The average Bonchev–Trinajstić information content (AvgIpc) is 2.14. The lowest BCUT2D eigenvalue weighted by atomic mass is 10.0. The summed E-state index contributed by atoms with van der Waals surface area (Å²) in [6.07, 6.45) is 1.17. The minimum atomic E-state index is -3.11. The van der Waals surface area contributed by atoms with Gasteiger partial charge in [0.2, 0.25) is 10.0 Å². The van der Waals surface area contributed by atoms with Gasteiger partial charge in [0, 0.05) is 7.97 Å². The Morgan fingerprint density at radius 1 is 1.40 bits per heavy atom. The lowest BCUT2D eigenvalue weighted by Crippen LogP contribution is -2.21. The van der Waals surface area contributed by atoms with Crippen molar-refractivity contribution in [3.63, 3.8) is 0 Å². The predicted molar refractivity (Wildman–Crippen MR) is 64.3 cm³/mol. The van der Waals surface area contributed by atoms with E-state index in [0.717, 1.165) is 5.56 Å². The van der Waals surface area contributed by atoms with Gasteiger partial charge in [0.05, 0.1) is 6.26 Å². The summed E-state index contributed by atoms with van der Waals surface area (Å²) in [5, 5.41) is 0. The Balaban J connectivity index is 0.00000225. The van der Waals surface area contributed by atoms with E-state index in [-0.39, 0.29) is 1.43 Å². The Morgan fingerprint density at radius 3 is 2.60 bits per heavy atom. The van der Waals surface area contributed by atoms with Crippen LogP contribution in [0.25, 0.3) is 0 Å². The molecule has 0 aliphatic rings. The maximum Gasteiger partial charge on any atom is 0.209 e. The molecule has 1 rings (SSSR count). The van der Waals surface area contributed by atoms with Gasteiger partial charge in [-0.05, 0) is 17.0 Å². The fraction of sp³-hybridized carbons (Fsp3) is 0.455. The smallest absolute Gasteiger partial charge is 0.209 e. The largest absolute Gasteiger partial charge is 0.213 e. The van der Waals surface area contributed by atoms with E-state index in [1.165, 1.54) is 11.8 Å². The van der Waals surface area contributed by atoms with E-state index in [0.29, 0.717) is 12.5 Å². The van der Waals surface area contributed by atoms with Crippen molar-refractivity contribution in [2.75, 3.05) is 6.26 Å². The molecule has 86 valence electrons. The zero-order chi connectivity index (χ0) is 11.5. The molecule has 4 heteroatoms. The van der Waals surface area contributed by atoms with Crippen molar-refractivity contribution in [3.8, 4) is 0 Å². The third-order valence-corrected chi connectivity index (χ3v) is 2.82. The van der Waals surface area contributed by atoms with Crippen LogP contribution in [0.5, 0.6) is 0 Å². The van der Waals surface area contributed by atoms with Crippen molar-refractivity contribution in [3.05, 3.63) is 35.4 Å². The van der Waals surface area contributed by atoms with Crippen LogP contribution < -0.4 is 4.72 Å². The Hall–Kier alpha value is -0.870. The van der Waals surface area contributed by atoms with Crippen LogP contribution in [0.4, 0.5) is 0 Å². The molecular weight excluding hydrogens is 210 g/mol. The molecule has 0 heterocycles. The highest BCUT2D eigenvalue weighted by Gasteiger charge is 2.03. The number of hydrogen-bond acceptors (Lipinski definition) is 2. The lowest BCUT2D eigenvalue weighted by molar-refractivity contribution is 0.587. The first-order valence-electron chi connectivity index (χ1n) is 4.92. The second kappa shape index (κ2) is 4.77. The second-order valence-corrected chi connectivity index (χ2v) is 5.83. The fourth-order valence-electron chi connectivity index (χ4n) is 1.28. The van der Waals surface area contributed by atoms with Crippen LogP contribution in [0.15, 0.2) is 24.3 Å². The van der Waals surface area contributed by atoms with Gasteiger partial charge in [-0.2, -0.15) is 0 Å². The van der Waals surface area contributed by atoms with Gasteiger partial charge >= 0.3 is 0 Å². The summed E-state index contributed by atoms with van der Waals surface area (Å²) in [6, 6.07) is 7.95. The molecular formula is C11H19NO2S. The molecule has 0 saturated carbocycles. The summed E-state index contributed by atoms with van der Waals surface area (Å²) in [4.78, 5) is 0. The van der Waals surface area contributed by atoms with Crippen molar-refractivity contribution in [1.82, 2.24) is 4.72 Å². The normalized spacial score (nSPS) is 12.0. The molecule has 0 atom stereocenters. The third-order valence-electron chi connectivity index (χ3n) is 2.16. The second-order valence-electron chi connectivity index (χ2n) is 3.99. The minimum absolute atomic E-state index is 0. The molecule has 1 N–H and O–H groups in total. The Kier molecular flexibility index (Phi) is 3.88. The zero-order valence-corrected chi connectivity index (χ0v) is 10.1. The van der Waals surface area contributed by atoms with Gasteiger partial charge in [-0.25, -0.2) is 13.1 Å².